The van der Waals surface area contributed by atoms with Crippen molar-refractivity contribution in [3.05, 3.63) is 46.9 Å². The van der Waals surface area contributed by atoms with Crippen molar-refractivity contribution in [3.8, 4) is 11.3 Å². The molecule has 2 aromatic rings. The Morgan fingerprint density at radius 1 is 1.22 bits per heavy atom. The van der Waals surface area contributed by atoms with E-state index < -0.39 is 0 Å². The predicted molar refractivity (Wildman–Crippen MR) is 72.6 cm³/mol. The summed E-state index contributed by atoms with van der Waals surface area (Å²) in [6, 6.07) is 9.89. The average molecular weight is 263 g/mol. The summed E-state index contributed by atoms with van der Waals surface area (Å²) in [6.45, 7) is 3.94. The molecular formula is C14H15ClN2O. The zero-order chi connectivity index (χ0) is 13.1. The Kier molecular flexibility index (Phi) is 3.94. The Balaban J connectivity index is 2.48. The molecule has 0 saturated heterocycles. The first-order chi connectivity index (χ1) is 8.60. The summed E-state index contributed by atoms with van der Waals surface area (Å²) in [5.74, 6) is 0.599. The number of halogens is 1. The normalized spacial score (nSPS) is 12.4. The Labute approximate surface area is 112 Å². The van der Waals surface area contributed by atoms with Crippen molar-refractivity contribution >= 4 is 11.6 Å². The van der Waals surface area contributed by atoms with Crippen LogP contribution in [0, 0.1) is 6.92 Å². The molecule has 0 N–H and O–H groups in total. The largest absolute Gasteiger partial charge is 0.374 e. The fraction of sp³-hybridized carbons (Fsp3) is 0.286. The minimum absolute atomic E-state index is 0.174. The van der Waals surface area contributed by atoms with Gasteiger partial charge in [-0.1, -0.05) is 35.4 Å². The van der Waals surface area contributed by atoms with Crippen LogP contribution in [0.2, 0.25) is 5.15 Å². The molecule has 0 unspecified atom stereocenters. The van der Waals surface area contributed by atoms with Crippen LogP contribution in [-0.2, 0) is 4.74 Å². The van der Waals surface area contributed by atoms with Crippen LogP contribution in [0.3, 0.4) is 0 Å². The number of benzene rings is 1. The second-order valence-electron chi connectivity index (χ2n) is 4.18. The monoisotopic (exact) mass is 262 g/mol. The third kappa shape index (κ3) is 2.86. The quantitative estimate of drug-likeness (QED) is 0.789. The molecule has 0 aliphatic heterocycles. The lowest BCUT2D eigenvalue weighted by molar-refractivity contribution is 0.112. The van der Waals surface area contributed by atoms with Gasteiger partial charge in [-0.25, -0.2) is 9.97 Å². The van der Waals surface area contributed by atoms with Crippen molar-refractivity contribution in [3.63, 3.8) is 0 Å². The van der Waals surface area contributed by atoms with E-state index in [1.54, 1.807) is 13.2 Å². The third-order valence-electron chi connectivity index (χ3n) is 2.74. The van der Waals surface area contributed by atoms with E-state index in [2.05, 4.69) is 16.0 Å². The molecule has 0 fully saturated rings. The van der Waals surface area contributed by atoms with Gasteiger partial charge in [-0.05, 0) is 19.9 Å². The summed E-state index contributed by atoms with van der Waals surface area (Å²) in [4.78, 5) is 8.68. The maximum atomic E-state index is 6.03. The van der Waals surface area contributed by atoms with Gasteiger partial charge >= 0.3 is 0 Å². The SMILES string of the molecule is CO[C@@H](C)c1nc(Cl)cc(-c2cccc(C)c2)n1. The fourth-order valence-corrected chi connectivity index (χ4v) is 1.86. The molecule has 0 spiro atoms. The maximum absolute atomic E-state index is 6.03. The van der Waals surface area contributed by atoms with Crippen LogP contribution >= 0.6 is 11.6 Å². The molecule has 0 aliphatic carbocycles. The lowest BCUT2D eigenvalue weighted by Crippen LogP contribution is -2.04. The van der Waals surface area contributed by atoms with E-state index in [4.69, 9.17) is 16.3 Å². The second-order valence-corrected chi connectivity index (χ2v) is 4.57. The molecule has 0 bridgehead atoms. The number of nitrogens with zero attached hydrogens (tertiary/aromatic N) is 2. The molecular weight excluding hydrogens is 248 g/mol. The van der Waals surface area contributed by atoms with Gasteiger partial charge in [0, 0.05) is 18.7 Å². The summed E-state index contributed by atoms with van der Waals surface area (Å²) in [6.07, 6.45) is -0.174. The number of aromatic nitrogens is 2. The van der Waals surface area contributed by atoms with Crippen molar-refractivity contribution < 1.29 is 4.74 Å². The van der Waals surface area contributed by atoms with Gasteiger partial charge in [0.25, 0.3) is 0 Å². The zero-order valence-electron chi connectivity index (χ0n) is 10.6. The minimum atomic E-state index is -0.174. The maximum Gasteiger partial charge on any atom is 0.159 e. The second kappa shape index (κ2) is 5.46. The van der Waals surface area contributed by atoms with Crippen molar-refractivity contribution in [2.75, 3.05) is 7.11 Å². The van der Waals surface area contributed by atoms with E-state index in [1.807, 2.05) is 32.0 Å². The minimum Gasteiger partial charge on any atom is -0.374 e. The van der Waals surface area contributed by atoms with Gasteiger partial charge < -0.3 is 4.74 Å². The number of aryl methyl sites for hydroxylation is 1. The molecule has 1 aromatic heterocycles. The summed E-state index contributed by atoms with van der Waals surface area (Å²) in [7, 11) is 1.63. The van der Waals surface area contributed by atoms with Gasteiger partial charge in [-0.15, -0.1) is 0 Å². The van der Waals surface area contributed by atoms with Crippen molar-refractivity contribution in [2.24, 2.45) is 0 Å². The number of hydrogen-bond acceptors (Lipinski definition) is 3. The third-order valence-corrected chi connectivity index (χ3v) is 2.94. The van der Waals surface area contributed by atoms with E-state index in [0.717, 1.165) is 11.3 Å². The van der Waals surface area contributed by atoms with Crippen LogP contribution in [0.5, 0.6) is 0 Å². The van der Waals surface area contributed by atoms with Crippen LogP contribution in [0.1, 0.15) is 24.4 Å². The van der Waals surface area contributed by atoms with Crippen LogP contribution in [0.4, 0.5) is 0 Å². The van der Waals surface area contributed by atoms with Crippen LogP contribution in [0.15, 0.2) is 30.3 Å². The van der Waals surface area contributed by atoms with E-state index in [1.165, 1.54) is 5.56 Å². The lowest BCUT2D eigenvalue weighted by Gasteiger charge is -2.10. The molecule has 1 aromatic carbocycles. The predicted octanol–water partition coefficient (Wildman–Crippen LogP) is 3.81. The van der Waals surface area contributed by atoms with Gasteiger partial charge in [0.05, 0.1) is 5.69 Å². The fourth-order valence-electron chi connectivity index (χ4n) is 1.67. The van der Waals surface area contributed by atoms with Gasteiger partial charge in [-0.3, -0.25) is 0 Å². The van der Waals surface area contributed by atoms with E-state index in [0.29, 0.717) is 11.0 Å². The summed E-state index contributed by atoms with van der Waals surface area (Å²) < 4.78 is 5.22. The number of methoxy groups -OCH3 is 1. The molecule has 0 saturated carbocycles. The molecule has 0 radical (unpaired) electrons. The summed E-state index contributed by atoms with van der Waals surface area (Å²) in [5, 5.41) is 0.431. The highest BCUT2D eigenvalue weighted by Crippen LogP contribution is 2.23. The molecule has 0 amide bonds. The number of hydrogen-bond donors (Lipinski definition) is 0. The number of rotatable bonds is 3. The van der Waals surface area contributed by atoms with Gasteiger partial charge in [0.15, 0.2) is 5.82 Å². The van der Waals surface area contributed by atoms with Crippen LogP contribution in [0.25, 0.3) is 11.3 Å². The van der Waals surface area contributed by atoms with Crippen molar-refractivity contribution in [2.45, 2.75) is 20.0 Å². The smallest absolute Gasteiger partial charge is 0.159 e. The molecule has 18 heavy (non-hydrogen) atoms. The van der Waals surface area contributed by atoms with Crippen LogP contribution in [-0.4, -0.2) is 17.1 Å². The Morgan fingerprint density at radius 2 is 2.00 bits per heavy atom. The Bertz CT molecular complexity index is 557. The molecule has 4 heteroatoms. The first-order valence-corrected chi connectivity index (χ1v) is 6.12. The highest BCUT2D eigenvalue weighted by molar-refractivity contribution is 6.29. The molecule has 0 aliphatic rings. The first kappa shape index (κ1) is 13.0. The van der Waals surface area contributed by atoms with Crippen molar-refractivity contribution in [1.29, 1.82) is 0 Å². The molecule has 94 valence electrons. The van der Waals surface area contributed by atoms with E-state index in [9.17, 15) is 0 Å². The molecule has 1 heterocycles. The van der Waals surface area contributed by atoms with Crippen molar-refractivity contribution in [1.82, 2.24) is 9.97 Å². The highest BCUT2D eigenvalue weighted by Gasteiger charge is 2.11. The average Bonchev–Trinajstić information content (AvgIpc) is 2.37. The Hall–Kier alpha value is -1.45. The highest BCUT2D eigenvalue weighted by atomic mass is 35.5. The number of ether oxygens (including phenoxy) is 1. The topological polar surface area (TPSA) is 35.0 Å². The van der Waals surface area contributed by atoms with Gasteiger partial charge in [-0.2, -0.15) is 0 Å². The standard InChI is InChI=1S/C14H15ClN2O/c1-9-5-4-6-11(7-9)12-8-13(15)17-14(16-12)10(2)18-3/h4-8,10H,1-3H3/t10-/m0/s1. The van der Waals surface area contributed by atoms with Crippen LogP contribution < -0.4 is 0 Å². The first-order valence-electron chi connectivity index (χ1n) is 5.74. The molecule has 3 nitrogen and oxygen atoms in total. The van der Waals surface area contributed by atoms with E-state index >= 15 is 0 Å². The lowest BCUT2D eigenvalue weighted by atomic mass is 10.1. The molecule has 2 rings (SSSR count). The summed E-state index contributed by atoms with van der Waals surface area (Å²) >= 11 is 6.03. The zero-order valence-corrected chi connectivity index (χ0v) is 11.4. The molecule has 1 atom stereocenters. The Morgan fingerprint density at radius 3 is 2.67 bits per heavy atom. The van der Waals surface area contributed by atoms with Gasteiger partial charge in [0.2, 0.25) is 0 Å². The van der Waals surface area contributed by atoms with E-state index in [-0.39, 0.29) is 6.10 Å². The van der Waals surface area contributed by atoms with Gasteiger partial charge in [0.1, 0.15) is 11.3 Å². The summed E-state index contributed by atoms with van der Waals surface area (Å²) in [5.41, 5.74) is 3.03.